The first-order valence-corrected chi connectivity index (χ1v) is 6.73. The summed E-state index contributed by atoms with van der Waals surface area (Å²) in [5.74, 6) is 1.80. The Labute approximate surface area is 106 Å². The van der Waals surface area contributed by atoms with Crippen molar-refractivity contribution in [2.45, 2.75) is 31.4 Å². The van der Waals surface area contributed by atoms with Gasteiger partial charge in [-0.3, -0.25) is 0 Å². The zero-order valence-electron chi connectivity index (χ0n) is 10.2. The molecule has 1 N–H and O–H groups in total. The summed E-state index contributed by atoms with van der Waals surface area (Å²) in [5.41, 5.74) is 1.24. The molecule has 0 amide bonds. The normalized spacial score (nSPS) is 23.4. The number of hydrogen-bond acceptors (Lipinski definition) is 5. The molecule has 2 rings (SSSR count). The SMILES string of the molecule is Cc1cc(C#N)nc(NCC2(C)CCCS2)n1. The zero-order chi connectivity index (χ0) is 12.3. The van der Waals surface area contributed by atoms with Crippen molar-refractivity contribution < 1.29 is 0 Å². The molecule has 17 heavy (non-hydrogen) atoms. The Kier molecular flexibility index (Phi) is 3.53. The molecule has 1 unspecified atom stereocenters. The molecular formula is C12H16N4S. The molecule has 2 heterocycles. The van der Waals surface area contributed by atoms with Crippen LogP contribution in [0.25, 0.3) is 0 Å². The Hall–Kier alpha value is -1.28. The van der Waals surface area contributed by atoms with Gasteiger partial charge < -0.3 is 5.32 Å². The van der Waals surface area contributed by atoms with Gasteiger partial charge in [-0.15, -0.1) is 0 Å². The summed E-state index contributed by atoms with van der Waals surface area (Å²) in [4.78, 5) is 8.44. The quantitative estimate of drug-likeness (QED) is 0.889. The molecule has 1 aromatic rings. The molecule has 1 aliphatic heterocycles. The summed E-state index contributed by atoms with van der Waals surface area (Å²) in [6.07, 6.45) is 2.50. The van der Waals surface area contributed by atoms with Gasteiger partial charge in [-0.25, -0.2) is 9.97 Å². The van der Waals surface area contributed by atoms with Gasteiger partial charge in [0.2, 0.25) is 5.95 Å². The molecule has 0 spiro atoms. The van der Waals surface area contributed by atoms with E-state index in [-0.39, 0.29) is 4.75 Å². The summed E-state index contributed by atoms with van der Waals surface area (Å²) < 4.78 is 0.278. The fourth-order valence-corrected chi connectivity index (χ4v) is 3.19. The van der Waals surface area contributed by atoms with Crippen LogP contribution in [0.15, 0.2) is 6.07 Å². The van der Waals surface area contributed by atoms with E-state index in [2.05, 4.69) is 22.2 Å². The maximum Gasteiger partial charge on any atom is 0.224 e. The summed E-state index contributed by atoms with van der Waals surface area (Å²) in [7, 11) is 0. The van der Waals surface area contributed by atoms with Crippen molar-refractivity contribution in [1.29, 1.82) is 5.26 Å². The van der Waals surface area contributed by atoms with E-state index >= 15 is 0 Å². The highest BCUT2D eigenvalue weighted by molar-refractivity contribution is 8.00. The molecule has 1 aliphatic rings. The van der Waals surface area contributed by atoms with Gasteiger partial charge >= 0.3 is 0 Å². The maximum atomic E-state index is 8.84. The number of nitriles is 1. The lowest BCUT2D eigenvalue weighted by Gasteiger charge is -2.22. The van der Waals surface area contributed by atoms with E-state index in [0.717, 1.165) is 12.2 Å². The van der Waals surface area contributed by atoms with E-state index in [0.29, 0.717) is 11.6 Å². The number of nitrogens with one attached hydrogen (secondary N) is 1. The van der Waals surface area contributed by atoms with E-state index < -0.39 is 0 Å². The van der Waals surface area contributed by atoms with Crippen LogP contribution in [0, 0.1) is 18.3 Å². The minimum Gasteiger partial charge on any atom is -0.353 e. The monoisotopic (exact) mass is 248 g/mol. The second-order valence-corrected chi connectivity index (χ2v) is 6.27. The number of aryl methyl sites for hydroxylation is 1. The molecule has 0 saturated carbocycles. The van der Waals surface area contributed by atoms with Crippen molar-refractivity contribution in [3.8, 4) is 6.07 Å². The van der Waals surface area contributed by atoms with E-state index in [9.17, 15) is 0 Å². The lowest BCUT2D eigenvalue weighted by molar-refractivity contribution is 0.632. The van der Waals surface area contributed by atoms with Gasteiger partial charge in [0.25, 0.3) is 0 Å². The molecule has 90 valence electrons. The van der Waals surface area contributed by atoms with Gasteiger partial charge in [-0.2, -0.15) is 17.0 Å². The van der Waals surface area contributed by atoms with E-state index in [4.69, 9.17) is 5.26 Å². The predicted octanol–water partition coefficient (Wildman–Crippen LogP) is 2.35. The summed E-state index contributed by atoms with van der Waals surface area (Å²) in [6.45, 7) is 4.99. The molecule has 0 radical (unpaired) electrons. The summed E-state index contributed by atoms with van der Waals surface area (Å²) in [6, 6.07) is 3.74. The molecule has 5 heteroatoms. The minimum absolute atomic E-state index is 0.278. The van der Waals surface area contributed by atoms with Crippen LogP contribution >= 0.6 is 11.8 Å². The van der Waals surface area contributed by atoms with Crippen LogP contribution in [-0.2, 0) is 0 Å². The average molecular weight is 248 g/mol. The number of rotatable bonds is 3. The molecule has 1 atom stereocenters. The van der Waals surface area contributed by atoms with E-state index in [1.807, 2.05) is 24.8 Å². The fourth-order valence-electron chi connectivity index (χ4n) is 1.95. The number of nitrogens with zero attached hydrogens (tertiary/aromatic N) is 3. The lowest BCUT2D eigenvalue weighted by Crippen LogP contribution is -2.27. The molecule has 1 fully saturated rings. The van der Waals surface area contributed by atoms with Crippen LogP contribution in [0.5, 0.6) is 0 Å². The molecule has 0 bridgehead atoms. The van der Waals surface area contributed by atoms with Crippen molar-refractivity contribution in [1.82, 2.24) is 9.97 Å². The van der Waals surface area contributed by atoms with Gasteiger partial charge in [0.15, 0.2) is 0 Å². The van der Waals surface area contributed by atoms with Crippen molar-refractivity contribution in [2.75, 3.05) is 17.6 Å². The van der Waals surface area contributed by atoms with Gasteiger partial charge in [0, 0.05) is 17.0 Å². The molecule has 4 nitrogen and oxygen atoms in total. The Morgan fingerprint density at radius 1 is 1.59 bits per heavy atom. The van der Waals surface area contributed by atoms with Gasteiger partial charge in [0.1, 0.15) is 11.8 Å². The second-order valence-electron chi connectivity index (χ2n) is 4.59. The fraction of sp³-hybridized carbons (Fsp3) is 0.583. The molecular weight excluding hydrogens is 232 g/mol. The topological polar surface area (TPSA) is 61.6 Å². The first-order valence-electron chi connectivity index (χ1n) is 5.75. The van der Waals surface area contributed by atoms with Crippen molar-refractivity contribution >= 4 is 17.7 Å². The number of anilines is 1. The first-order chi connectivity index (χ1) is 8.11. The third-order valence-corrected chi connectivity index (χ3v) is 4.43. The molecule has 1 aromatic heterocycles. The van der Waals surface area contributed by atoms with Gasteiger partial charge in [0.05, 0.1) is 0 Å². The Morgan fingerprint density at radius 2 is 2.41 bits per heavy atom. The number of aromatic nitrogens is 2. The van der Waals surface area contributed by atoms with Crippen LogP contribution in [0.1, 0.15) is 31.2 Å². The number of thioether (sulfide) groups is 1. The minimum atomic E-state index is 0.278. The summed E-state index contributed by atoms with van der Waals surface area (Å²) >= 11 is 2.00. The number of hydrogen-bond donors (Lipinski definition) is 1. The van der Waals surface area contributed by atoms with E-state index in [1.54, 1.807) is 6.07 Å². The van der Waals surface area contributed by atoms with Crippen molar-refractivity contribution in [3.63, 3.8) is 0 Å². The smallest absolute Gasteiger partial charge is 0.224 e. The van der Waals surface area contributed by atoms with Crippen LogP contribution in [0.4, 0.5) is 5.95 Å². The third-order valence-electron chi connectivity index (χ3n) is 2.89. The standard InChI is InChI=1S/C12H16N4S/c1-9-6-10(7-13)16-11(15-9)14-8-12(2)4-3-5-17-12/h6H,3-5,8H2,1-2H3,(H,14,15,16). The van der Waals surface area contributed by atoms with Crippen molar-refractivity contribution in [3.05, 3.63) is 17.5 Å². The summed E-state index contributed by atoms with van der Waals surface area (Å²) in [5, 5.41) is 12.1. The largest absolute Gasteiger partial charge is 0.353 e. The Bertz CT molecular complexity index is 446. The van der Waals surface area contributed by atoms with E-state index in [1.165, 1.54) is 18.6 Å². The highest BCUT2D eigenvalue weighted by Crippen LogP contribution is 2.37. The maximum absolute atomic E-state index is 8.84. The molecule has 1 saturated heterocycles. The third kappa shape index (κ3) is 3.10. The Morgan fingerprint density at radius 3 is 3.06 bits per heavy atom. The van der Waals surface area contributed by atoms with Crippen LogP contribution in [0.2, 0.25) is 0 Å². The molecule has 0 aromatic carbocycles. The lowest BCUT2D eigenvalue weighted by atomic mass is 10.1. The van der Waals surface area contributed by atoms with Crippen molar-refractivity contribution in [2.24, 2.45) is 0 Å². The predicted molar refractivity (Wildman–Crippen MR) is 70.1 cm³/mol. The van der Waals surface area contributed by atoms with Crippen LogP contribution in [-0.4, -0.2) is 27.0 Å². The second kappa shape index (κ2) is 4.92. The zero-order valence-corrected chi connectivity index (χ0v) is 11.0. The first kappa shape index (κ1) is 12.2. The average Bonchev–Trinajstić information content (AvgIpc) is 2.73. The highest BCUT2D eigenvalue weighted by atomic mass is 32.2. The van der Waals surface area contributed by atoms with Crippen LogP contribution in [0.3, 0.4) is 0 Å². The van der Waals surface area contributed by atoms with Gasteiger partial charge in [-0.1, -0.05) is 0 Å². The van der Waals surface area contributed by atoms with Gasteiger partial charge in [-0.05, 0) is 38.5 Å². The van der Waals surface area contributed by atoms with Crippen LogP contribution < -0.4 is 5.32 Å². The molecule has 0 aliphatic carbocycles. The highest BCUT2D eigenvalue weighted by Gasteiger charge is 2.29. The Balaban J connectivity index is 2.04.